The van der Waals surface area contributed by atoms with Gasteiger partial charge in [0.15, 0.2) is 0 Å². The second-order valence-corrected chi connectivity index (χ2v) is 4.23. The van der Waals surface area contributed by atoms with E-state index >= 15 is 0 Å². The van der Waals surface area contributed by atoms with Crippen molar-refractivity contribution in [2.45, 2.75) is 25.8 Å². The maximum absolute atomic E-state index is 8.53. The summed E-state index contributed by atoms with van der Waals surface area (Å²) in [5, 5.41) is 12.0. The van der Waals surface area contributed by atoms with Crippen LogP contribution in [-0.2, 0) is 11.2 Å². The summed E-state index contributed by atoms with van der Waals surface area (Å²) in [5.41, 5.74) is 1.36. The summed E-state index contributed by atoms with van der Waals surface area (Å²) < 4.78 is 5.19. The molecule has 1 unspecified atom stereocenters. The summed E-state index contributed by atoms with van der Waals surface area (Å²) in [5.74, 6) is 0. The zero-order valence-electron chi connectivity index (χ0n) is 10.6. The molecular weight excluding hydrogens is 214 g/mol. The number of aliphatic hydroxyl groups is 1. The van der Waals surface area contributed by atoms with Crippen LogP contribution in [0.1, 0.15) is 18.9 Å². The Morgan fingerprint density at radius 1 is 1.24 bits per heavy atom. The Labute approximate surface area is 104 Å². The van der Waals surface area contributed by atoms with Crippen molar-refractivity contribution in [2.24, 2.45) is 0 Å². The van der Waals surface area contributed by atoms with E-state index in [2.05, 4.69) is 36.5 Å². The van der Waals surface area contributed by atoms with Crippen LogP contribution in [0.5, 0.6) is 0 Å². The Morgan fingerprint density at radius 3 is 2.71 bits per heavy atom. The molecule has 0 heterocycles. The van der Waals surface area contributed by atoms with Crippen molar-refractivity contribution in [3.63, 3.8) is 0 Å². The molecule has 0 aliphatic carbocycles. The molecule has 0 aliphatic heterocycles. The van der Waals surface area contributed by atoms with Crippen LogP contribution in [0.4, 0.5) is 0 Å². The molecule has 2 N–H and O–H groups in total. The van der Waals surface area contributed by atoms with E-state index in [4.69, 9.17) is 9.84 Å². The predicted octanol–water partition coefficient (Wildman–Crippen LogP) is 1.61. The molecule has 96 valence electrons. The molecule has 0 amide bonds. The molecule has 0 bridgehead atoms. The minimum atomic E-state index is 0.109. The summed E-state index contributed by atoms with van der Waals surface area (Å²) in [6.07, 6.45) is 2.04. The van der Waals surface area contributed by atoms with Crippen LogP contribution >= 0.6 is 0 Å². The molecular formula is C14H23NO2. The van der Waals surface area contributed by atoms with Gasteiger partial charge < -0.3 is 15.2 Å². The topological polar surface area (TPSA) is 41.5 Å². The highest BCUT2D eigenvalue weighted by atomic mass is 16.5. The van der Waals surface area contributed by atoms with Crippen LogP contribution in [0.25, 0.3) is 0 Å². The van der Waals surface area contributed by atoms with Gasteiger partial charge in [0.2, 0.25) is 0 Å². The van der Waals surface area contributed by atoms with Gasteiger partial charge in [-0.05, 0) is 31.9 Å². The minimum Gasteiger partial charge on any atom is -0.394 e. The van der Waals surface area contributed by atoms with Crippen molar-refractivity contribution >= 4 is 0 Å². The van der Waals surface area contributed by atoms with Gasteiger partial charge >= 0.3 is 0 Å². The molecule has 17 heavy (non-hydrogen) atoms. The molecule has 0 aliphatic rings. The Balaban J connectivity index is 2.03. The highest BCUT2D eigenvalue weighted by Gasteiger charge is 2.01. The number of nitrogens with one attached hydrogen (secondary N) is 1. The number of ether oxygens (including phenoxy) is 1. The molecule has 0 spiro atoms. The number of benzene rings is 1. The molecule has 3 heteroatoms. The average molecular weight is 237 g/mol. The summed E-state index contributed by atoms with van der Waals surface area (Å²) in [7, 11) is 0. The van der Waals surface area contributed by atoms with Gasteiger partial charge in [-0.1, -0.05) is 30.3 Å². The van der Waals surface area contributed by atoms with Gasteiger partial charge in [0, 0.05) is 12.6 Å². The first-order valence-corrected chi connectivity index (χ1v) is 6.29. The summed E-state index contributed by atoms with van der Waals surface area (Å²) >= 11 is 0. The summed E-state index contributed by atoms with van der Waals surface area (Å²) in [6, 6.07) is 11.0. The van der Waals surface area contributed by atoms with E-state index in [0.717, 1.165) is 19.4 Å². The van der Waals surface area contributed by atoms with Crippen molar-refractivity contribution in [1.82, 2.24) is 5.32 Å². The normalized spacial score (nSPS) is 12.6. The first kappa shape index (κ1) is 14.2. The first-order valence-electron chi connectivity index (χ1n) is 6.29. The quantitative estimate of drug-likeness (QED) is 0.641. The Kier molecular flexibility index (Phi) is 7.63. The number of aliphatic hydroxyl groups excluding tert-OH is 1. The van der Waals surface area contributed by atoms with E-state index in [9.17, 15) is 0 Å². The largest absolute Gasteiger partial charge is 0.394 e. The second-order valence-electron chi connectivity index (χ2n) is 4.23. The van der Waals surface area contributed by atoms with Crippen LogP contribution in [0.2, 0.25) is 0 Å². The highest BCUT2D eigenvalue weighted by molar-refractivity contribution is 5.15. The Morgan fingerprint density at radius 2 is 2.00 bits per heavy atom. The summed E-state index contributed by atoms with van der Waals surface area (Å²) in [6.45, 7) is 4.42. The molecule has 0 aromatic heterocycles. The molecule has 0 fully saturated rings. The van der Waals surface area contributed by atoms with Gasteiger partial charge in [0.05, 0.1) is 13.2 Å². The molecule has 0 saturated carbocycles. The van der Waals surface area contributed by atoms with Gasteiger partial charge in [-0.2, -0.15) is 0 Å². The first-order chi connectivity index (χ1) is 8.33. The van der Waals surface area contributed by atoms with Crippen LogP contribution in [0.15, 0.2) is 30.3 Å². The van der Waals surface area contributed by atoms with Crippen molar-refractivity contribution in [1.29, 1.82) is 0 Å². The fraction of sp³-hybridized carbons (Fsp3) is 0.571. The fourth-order valence-electron chi connectivity index (χ4n) is 1.73. The summed E-state index contributed by atoms with van der Waals surface area (Å²) in [4.78, 5) is 0. The van der Waals surface area contributed by atoms with Crippen molar-refractivity contribution in [3.8, 4) is 0 Å². The molecule has 3 nitrogen and oxygen atoms in total. The average Bonchev–Trinajstić information content (AvgIpc) is 2.35. The van der Waals surface area contributed by atoms with Crippen LogP contribution in [0.3, 0.4) is 0 Å². The molecule has 1 aromatic carbocycles. The molecule has 0 saturated heterocycles. The SMILES string of the molecule is CC(Cc1ccccc1)NCCCOCCO. The fourth-order valence-corrected chi connectivity index (χ4v) is 1.73. The highest BCUT2D eigenvalue weighted by Crippen LogP contribution is 2.02. The van der Waals surface area contributed by atoms with Crippen LogP contribution in [0, 0.1) is 0 Å². The molecule has 1 atom stereocenters. The zero-order valence-corrected chi connectivity index (χ0v) is 10.6. The lowest BCUT2D eigenvalue weighted by Crippen LogP contribution is -2.29. The van der Waals surface area contributed by atoms with Crippen molar-refractivity contribution < 1.29 is 9.84 Å². The van der Waals surface area contributed by atoms with Gasteiger partial charge in [-0.25, -0.2) is 0 Å². The van der Waals surface area contributed by atoms with E-state index in [0.29, 0.717) is 19.3 Å². The van der Waals surface area contributed by atoms with Gasteiger partial charge in [-0.3, -0.25) is 0 Å². The third kappa shape index (κ3) is 7.10. The second kappa shape index (κ2) is 9.16. The Hall–Kier alpha value is -0.900. The van der Waals surface area contributed by atoms with Crippen molar-refractivity contribution in [2.75, 3.05) is 26.4 Å². The van der Waals surface area contributed by atoms with Gasteiger partial charge in [0.1, 0.15) is 0 Å². The lowest BCUT2D eigenvalue weighted by atomic mass is 10.1. The number of hydrogen-bond acceptors (Lipinski definition) is 3. The van der Waals surface area contributed by atoms with E-state index in [1.807, 2.05) is 6.07 Å². The van der Waals surface area contributed by atoms with Crippen molar-refractivity contribution in [3.05, 3.63) is 35.9 Å². The van der Waals surface area contributed by atoms with E-state index in [1.54, 1.807) is 0 Å². The van der Waals surface area contributed by atoms with E-state index in [-0.39, 0.29) is 6.61 Å². The maximum atomic E-state index is 8.53. The van der Waals surface area contributed by atoms with Crippen LogP contribution in [-0.4, -0.2) is 37.5 Å². The van der Waals surface area contributed by atoms with Crippen LogP contribution < -0.4 is 5.32 Å². The zero-order chi connectivity index (χ0) is 12.3. The number of hydrogen-bond donors (Lipinski definition) is 2. The standard InChI is InChI=1S/C14H23NO2/c1-13(12-14-6-3-2-4-7-14)15-8-5-10-17-11-9-16/h2-4,6-7,13,15-16H,5,8-12H2,1H3. The van der Waals surface area contributed by atoms with E-state index in [1.165, 1.54) is 5.56 Å². The van der Waals surface area contributed by atoms with Gasteiger partial charge in [-0.15, -0.1) is 0 Å². The number of rotatable bonds is 9. The minimum absolute atomic E-state index is 0.109. The maximum Gasteiger partial charge on any atom is 0.0697 e. The lowest BCUT2D eigenvalue weighted by Gasteiger charge is -2.13. The lowest BCUT2D eigenvalue weighted by molar-refractivity contribution is 0.0904. The third-order valence-corrected chi connectivity index (χ3v) is 2.58. The smallest absolute Gasteiger partial charge is 0.0697 e. The Bertz CT molecular complexity index is 277. The third-order valence-electron chi connectivity index (χ3n) is 2.58. The monoisotopic (exact) mass is 237 g/mol. The van der Waals surface area contributed by atoms with E-state index < -0.39 is 0 Å². The molecule has 0 radical (unpaired) electrons. The van der Waals surface area contributed by atoms with Gasteiger partial charge in [0.25, 0.3) is 0 Å². The predicted molar refractivity (Wildman–Crippen MR) is 70.1 cm³/mol. The molecule has 1 rings (SSSR count). The molecule has 1 aromatic rings.